The van der Waals surface area contributed by atoms with Crippen molar-refractivity contribution >= 4 is 11.6 Å². The van der Waals surface area contributed by atoms with E-state index in [0.717, 1.165) is 25.1 Å². The van der Waals surface area contributed by atoms with Crippen molar-refractivity contribution in [2.75, 3.05) is 24.7 Å². The number of hydrogen-bond acceptors (Lipinski definition) is 4. The summed E-state index contributed by atoms with van der Waals surface area (Å²) in [4.78, 5) is 19.1. The Morgan fingerprint density at radius 3 is 2.65 bits per heavy atom. The lowest BCUT2D eigenvalue weighted by atomic mass is 10.0. The molecule has 0 unspecified atom stereocenters. The van der Waals surface area contributed by atoms with Crippen molar-refractivity contribution in [3.05, 3.63) is 59.7 Å². The molecule has 1 heterocycles. The molecule has 0 aliphatic carbocycles. The lowest BCUT2D eigenvalue weighted by molar-refractivity contribution is 0.0984. The number of anilines is 1. The van der Waals surface area contributed by atoms with Crippen molar-refractivity contribution in [2.45, 2.75) is 12.8 Å². The molecule has 5 heteroatoms. The number of aryl methyl sites for hydroxylation is 1. The summed E-state index contributed by atoms with van der Waals surface area (Å²) in [6.45, 7) is 1.45. The van der Waals surface area contributed by atoms with Crippen LogP contribution in [0.5, 0.6) is 5.75 Å². The molecule has 3 rings (SSSR count). The average molecular weight is 312 g/mol. The van der Waals surface area contributed by atoms with E-state index in [1.165, 1.54) is 5.56 Å². The van der Waals surface area contributed by atoms with Crippen molar-refractivity contribution in [3.8, 4) is 5.75 Å². The van der Waals surface area contributed by atoms with Gasteiger partial charge in [0.1, 0.15) is 19.0 Å². The number of benzene rings is 2. The second-order valence-electron chi connectivity index (χ2n) is 5.43. The lowest BCUT2D eigenvalue weighted by Crippen LogP contribution is -2.35. The molecule has 1 aliphatic heterocycles. The quantitative estimate of drug-likeness (QED) is 0.681. The number of carbonyl (C=O) groups is 1. The van der Waals surface area contributed by atoms with Crippen molar-refractivity contribution in [3.63, 3.8) is 0 Å². The number of carbonyl (C=O) groups excluding carboxylic acids is 1. The third kappa shape index (κ3) is 3.52. The highest BCUT2D eigenvalue weighted by Gasteiger charge is 2.23. The number of hydrogen-bond donors (Lipinski definition) is 1. The molecule has 0 saturated carbocycles. The molecule has 0 radical (unpaired) electrons. The summed E-state index contributed by atoms with van der Waals surface area (Å²) >= 11 is 0. The average Bonchev–Trinajstić information content (AvgIpc) is 2.61. The van der Waals surface area contributed by atoms with Gasteiger partial charge in [0.05, 0.1) is 0 Å². The molecule has 1 amide bonds. The minimum Gasteiger partial charge on any atom is -0.491 e. The first-order valence-electron chi connectivity index (χ1n) is 7.74. The molecule has 0 saturated heterocycles. The molecule has 2 aromatic rings. The van der Waals surface area contributed by atoms with Crippen LogP contribution in [0.4, 0.5) is 5.69 Å². The maximum absolute atomic E-state index is 12.8. The van der Waals surface area contributed by atoms with Crippen molar-refractivity contribution in [2.24, 2.45) is 5.90 Å². The number of para-hydroxylation sites is 1. The molecule has 0 bridgehead atoms. The zero-order chi connectivity index (χ0) is 16.1. The van der Waals surface area contributed by atoms with E-state index in [1.807, 2.05) is 23.1 Å². The molecule has 0 fully saturated rings. The molecule has 120 valence electrons. The number of fused-ring (bicyclic) bond motifs is 1. The van der Waals surface area contributed by atoms with Crippen LogP contribution in [0.1, 0.15) is 22.3 Å². The van der Waals surface area contributed by atoms with Gasteiger partial charge in [0.2, 0.25) is 0 Å². The van der Waals surface area contributed by atoms with E-state index < -0.39 is 0 Å². The Hall–Kier alpha value is -2.37. The van der Waals surface area contributed by atoms with Crippen LogP contribution in [0.3, 0.4) is 0 Å². The summed E-state index contributed by atoms with van der Waals surface area (Å²) in [7, 11) is 0. The first-order valence-corrected chi connectivity index (χ1v) is 7.74. The minimum absolute atomic E-state index is 0.0222. The maximum atomic E-state index is 12.8. The topological polar surface area (TPSA) is 64.8 Å². The highest BCUT2D eigenvalue weighted by Crippen LogP contribution is 2.28. The Balaban J connectivity index is 1.74. The van der Waals surface area contributed by atoms with Crippen LogP contribution >= 0.6 is 0 Å². The van der Waals surface area contributed by atoms with E-state index in [4.69, 9.17) is 10.6 Å². The van der Waals surface area contributed by atoms with Gasteiger partial charge < -0.3 is 14.5 Å². The third-order valence-corrected chi connectivity index (χ3v) is 3.93. The zero-order valence-electron chi connectivity index (χ0n) is 12.9. The standard InChI is InChI=1S/C18H20N2O3/c19-23-13-12-22-16-9-7-15(8-10-16)18(21)20-11-3-5-14-4-1-2-6-17(14)20/h1-2,4,6-10H,3,5,11-13,19H2. The second kappa shape index (κ2) is 7.26. The molecule has 0 atom stereocenters. The molecule has 1 aliphatic rings. The van der Waals surface area contributed by atoms with E-state index in [1.54, 1.807) is 24.3 Å². The van der Waals surface area contributed by atoms with Crippen molar-refractivity contribution < 1.29 is 14.4 Å². The first kappa shape index (κ1) is 15.5. The van der Waals surface area contributed by atoms with Crippen LogP contribution in [0.2, 0.25) is 0 Å². The molecular weight excluding hydrogens is 292 g/mol. The van der Waals surface area contributed by atoms with E-state index >= 15 is 0 Å². The third-order valence-electron chi connectivity index (χ3n) is 3.93. The monoisotopic (exact) mass is 312 g/mol. The number of nitrogens with zero attached hydrogens (tertiary/aromatic N) is 1. The fraction of sp³-hybridized carbons (Fsp3) is 0.278. The predicted molar refractivity (Wildman–Crippen MR) is 88.5 cm³/mol. The Morgan fingerprint density at radius 1 is 1.09 bits per heavy atom. The van der Waals surface area contributed by atoms with Gasteiger partial charge in [0.15, 0.2) is 0 Å². The Morgan fingerprint density at radius 2 is 1.87 bits per heavy atom. The van der Waals surface area contributed by atoms with Gasteiger partial charge in [0, 0.05) is 17.8 Å². The summed E-state index contributed by atoms with van der Waals surface area (Å²) < 4.78 is 5.45. The van der Waals surface area contributed by atoms with Gasteiger partial charge in [0.25, 0.3) is 5.91 Å². The number of ether oxygens (including phenoxy) is 1. The Labute approximate surface area is 135 Å². The van der Waals surface area contributed by atoms with Gasteiger partial charge >= 0.3 is 0 Å². The first-order chi connectivity index (χ1) is 11.3. The fourth-order valence-electron chi connectivity index (χ4n) is 2.80. The molecule has 2 aromatic carbocycles. The highest BCUT2D eigenvalue weighted by molar-refractivity contribution is 6.06. The maximum Gasteiger partial charge on any atom is 0.258 e. The van der Waals surface area contributed by atoms with Gasteiger partial charge in [-0.1, -0.05) is 18.2 Å². The predicted octanol–water partition coefficient (Wildman–Crippen LogP) is 2.55. The van der Waals surface area contributed by atoms with Crippen LogP contribution in [0.15, 0.2) is 48.5 Å². The zero-order valence-corrected chi connectivity index (χ0v) is 12.9. The van der Waals surface area contributed by atoms with Crippen LogP contribution in [0, 0.1) is 0 Å². The molecule has 0 spiro atoms. The summed E-state index contributed by atoms with van der Waals surface area (Å²) in [6.07, 6.45) is 2.01. The number of nitrogens with two attached hydrogens (primary N) is 1. The van der Waals surface area contributed by atoms with Crippen LogP contribution < -0.4 is 15.5 Å². The van der Waals surface area contributed by atoms with Crippen molar-refractivity contribution in [1.29, 1.82) is 0 Å². The van der Waals surface area contributed by atoms with Crippen LogP contribution in [-0.2, 0) is 11.3 Å². The van der Waals surface area contributed by atoms with Gasteiger partial charge in [-0.15, -0.1) is 0 Å². The van der Waals surface area contributed by atoms with Crippen LogP contribution in [0.25, 0.3) is 0 Å². The largest absolute Gasteiger partial charge is 0.491 e. The van der Waals surface area contributed by atoms with Crippen molar-refractivity contribution in [1.82, 2.24) is 0 Å². The second-order valence-corrected chi connectivity index (χ2v) is 5.43. The summed E-state index contributed by atoms with van der Waals surface area (Å²) in [5.74, 6) is 5.66. The summed E-state index contributed by atoms with van der Waals surface area (Å²) in [5, 5.41) is 0. The molecular formula is C18H20N2O3. The van der Waals surface area contributed by atoms with E-state index in [0.29, 0.717) is 24.5 Å². The molecule has 23 heavy (non-hydrogen) atoms. The van der Waals surface area contributed by atoms with Crippen LogP contribution in [-0.4, -0.2) is 25.7 Å². The Bertz CT molecular complexity index is 670. The molecule has 2 N–H and O–H groups in total. The van der Waals surface area contributed by atoms with Gasteiger partial charge in [-0.2, -0.15) is 0 Å². The molecule has 5 nitrogen and oxygen atoms in total. The van der Waals surface area contributed by atoms with E-state index in [2.05, 4.69) is 10.9 Å². The van der Waals surface area contributed by atoms with E-state index in [9.17, 15) is 4.79 Å². The Kier molecular flexibility index (Phi) is 4.90. The number of amides is 1. The fourth-order valence-corrected chi connectivity index (χ4v) is 2.80. The van der Waals surface area contributed by atoms with Gasteiger partial charge in [-0.05, 0) is 48.7 Å². The lowest BCUT2D eigenvalue weighted by Gasteiger charge is -2.29. The summed E-state index contributed by atoms with van der Waals surface area (Å²) in [6, 6.07) is 15.3. The minimum atomic E-state index is 0.0222. The highest BCUT2D eigenvalue weighted by atomic mass is 16.6. The SMILES string of the molecule is NOCCOc1ccc(C(=O)N2CCCc3ccccc32)cc1. The normalized spacial score (nSPS) is 13.5. The summed E-state index contributed by atoms with van der Waals surface area (Å²) in [5.41, 5.74) is 2.90. The van der Waals surface area contributed by atoms with E-state index in [-0.39, 0.29) is 5.91 Å². The number of rotatable bonds is 5. The molecule has 0 aromatic heterocycles. The smallest absolute Gasteiger partial charge is 0.258 e. The van der Waals surface area contributed by atoms with Gasteiger partial charge in [-0.3, -0.25) is 4.79 Å². The van der Waals surface area contributed by atoms with Gasteiger partial charge in [-0.25, -0.2) is 5.90 Å².